The molecule has 4 aromatic rings. The summed E-state index contributed by atoms with van der Waals surface area (Å²) < 4.78 is 20.9. The summed E-state index contributed by atoms with van der Waals surface area (Å²) in [4.78, 5) is 11.8. The molecule has 0 saturated heterocycles. The van der Waals surface area contributed by atoms with Gasteiger partial charge in [0, 0.05) is 11.6 Å². The maximum Gasteiger partial charge on any atom is 0.177 e. The molecule has 0 N–H and O–H groups in total. The van der Waals surface area contributed by atoms with Crippen LogP contribution < -0.4 is 4.90 Å². The van der Waals surface area contributed by atoms with Crippen LogP contribution in [-0.4, -0.2) is 35.9 Å². The van der Waals surface area contributed by atoms with Crippen LogP contribution in [0.25, 0.3) is 28.4 Å². The first kappa shape index (κ1) is 19.3. The van der Waals surface area contributed by atoms with Crippen molar-refractivity contribution in [1.29, 1.82) is 0 Å². The van der Waals surface area contributed by atoms with E-state index >= 15 is 0 Å². The number of aryl methyl sites for hydroxylation is 1. The third-order valence-corrected chi connectivity index (χ3v) is 5.58. The van der Waals surface area contributed by atoms with Crippen molar-refractivity contribution in [2.45, 2.75) is 46.2 Å². The molecule has 1 aliphatic heterocycles. The highest BCUT2D eigenvalue weighted by atomic mass is 19.1. The van der Waals surface area contributed by atoms with E-state index in [2.05, 4.69) is 46.0 Å². The van der Waals surface area contributed by atoms with Crippen LogP contribution in [0.3, 0.4) is 0 Å². The average molecular weight is 419 g/mol. The summed E-state index contributed by atoms with van der Waals surface area (Å²) in [5, 5.41) is 12.7. The average Bonchev–Trinajstić information content (AvgIpc) is 3.40. The number of anilines is 1. The van der Waals surface area contributed by atoms with Crippen LogP contribution in [-0.2, 0) is 0 Å². The molecule has 0 aliphatic carbocycles. The van der Waals surface area contributed by atoms with Crippen molar-refractivity contribution in [3.63, 3.8) is 0 Å². The van der Waals surface area contributed by atoms with Crippen LogP contribution in [0, 0.1) is 12.7 Å². The smallest absolute Gasteiger partial charge is 0.177 e. The molecule has 3 aromatic heterocycles. The lowest BCUT2D eigenvalue weighted by Crippen LogP contribution is -2.40. The summed E-state index contributed by atoms with van der Waals surface area (Å²) >= 11 is 0. The van der Waals surface area contributed by atoms with Gasteiger partial charge in [0.25, 0.3) is 0 Å². The van der Waals surface area contributed by atoms with Gasteiger partial charge in [-0.1, -0.05) is 12.1 Å². The molecule has 9 heteroatoms. The molecule has 31 heavy (non-hydrogen) atoms. The Bertz CT molecular complexity index is 1250. The molecular formula is C22H22FN7O. The third-order valence-electron chi connectivity index (χ3n) is 5.58. The Labute approximate surface area is 178 Å². The van der Waals surface area contributed by atoms with E-state index in [0.717, 1.165) is 29.6 Å². The Morgan fingerprint density at radius 3 is 2.61 bits per heavy atom. The maximum absolute atomic E-state index is 13.4. The van der Waals surface area contributed by atoms with E-state index in [9.17, 15) is 4.39 Å². The molecule has 5 rings (SSSR count). The van der Waals surface area contributed by atoms with Gasteiger partial charge in [-0.05, 0) is 51.5 Å². The van der Waals surface area contributed by atoms with Crippen molar-refractivity contribution in [2.24, 2.45) is 0 Å². The van der Waals surface area contributed by atoms with Crippen LogP contribution in [0.1, 0.15) is 44.9 Å². The van der Waals surface area contributed by atoms with E-state index < -0.39 is 0 Å². The number of fused-ring (bicyclic) bond motifs is 3. The molecule has 0 radical (unpaired) electrons. The fourth-order valence-electron chi connectivity index (χ4n) is 4.20. The largest absolute Gasteiger partial charge is 0.356 e. The van der Waals surface area contributed by atoms with Crippen LogP contribution in [0.2, 0.25) is 0 Å². The van der Waals surface area contributed by atoms with E-state index in [1.165, 1.54) is 12.1 Å². The van der Waals surface area contributed by atoms with Crippen LogP contribution in [0.4, 0.5) is 10.2 Å². The summed E-state index contributed by atoms with van der Waals surface area (Å²) in [7, 11) is 0. The van der Waals surface area contributed by atoms with E-state index in [1.807, 2.05) is 11.5 Å². The highest BCUT2D eigenvalue weighted by Crippen LogP contribution is 2.41. The lowest BCUT2D eigenvalue weighted by Gasteiger charge is -2.39. The zero-order valence-electron chi connectivity index (χ0n) is 17.7. The van der Waals surface area contributed by atoms with Crippen LogP contribution in [0.15, 0.2) is 41.2 Å². The fourth-order valence-corrected chi connectivity index (χ4v) is 4.20. The summed E-state index contributed by atoms with van der Waals surface area (Å²) in [6.07, 6.45) is 4.25. The molecule has 1 aromatic carbocycles. The van der Waals surface area contributed by atoms with Crippen molar-refractivity contribution in [3.05, 3.63) is 54.1 Å². The van der Waals surface area contributed by atoms with Gasteiger partial charge in [-0.25, -0.2) is 14.4 Å². The zero-order chi connectivity index (χ0) is 21.7. The summed E-state index contributed by atoms with van der Waals surface area (Å²) in [6, 6.07) is 6.32. The van der Waals surface area contributed by atoms with E-state index in [0.29, 0.717) is 22.7 Å². The highest BCUT2D eigenvalue weighted by Gasteiger charge is 2.36. The van der Waals surface area contributed by atoms with Gasteiger partial charge < -0.3 is 9.42 Å². The molecule has 0 spiro atoms. The van der Waals surface area contributed by atoms with Crippen molar-refractivity contribution < 1.29 is 8.91 Å². The zero-order valence-corrected chi connectivity index (χ0v) is 17.7. The van der Waals surface area contributed by atoms with E-state index in [1.54, 1.807) is 24.5 Å². The van der Waals surface area contributed by atoms with Gasteiger partial charge in [0.2, 0.25) is 0 Å². The molecule has 0 unspecified atom stereocenters. The van der Waals surface area contributed by atoms with Crippen LogP contribution in [0.5, 0.6) is 0 Å². The van der Waals surface area contributed by atoms with Gasteiger partial charge >= 0.3 is 0 Å². The number of hydrogen-bond acceptors (Lipinski definition) is 7. The number of benzene rings is 1. The van der Waals surface area contributed by atoms with Gasteiger partial charge in [-0.2, -0.15) is 0 Å². The Hall–Kier alpha value is -3.62. The predicted molar refractivity (Wildman–Crippen MR) is 113 cm³/mol. The van der Waals surface area contributed by atoms with Crippen molar-refractivity contribution in [2.75, 3.05) is 4.90 Å². The Balaban J connectivity index is 1.68. The number of nitrogens with zero attached hydrogens (tertiary/aromatic N) is 7. The first-order valence-electron chi connectivity index (χ1n) is 10.3. The van der Waals surface area contributed by atoms with Crippen molar-refractivity contribution in [3.8, 4) is 28.4 Å². The SMILES string of the molecule is CC[C@@H]1c2nnc(C)n2-c2cnc(-c3cnoc3-c3ccc(F)cc3)nc2N1C(C)C. The Morgan fingerprint density at radius 2 is 1.90 bits per heavy atom. The lowest BCUT2D eigenvalue weighted by molar-refractivity contribution is 0.432. The van der Waals surface area contributed by atoms with Gasteiger partial charge in [0.1, 0.15) is 17.3 Å². The topological polar surface area (TPSA) is 85.8 Å². The number of hydrogen-bond donors (Lipinski definition) is 0. The fraction of sp³-hybridized carbons (Fsp3) is 0.318. The minimum atomic E-state index is -0.312. The highest BCUT2D eigenvalue weighted by molar-refractivity contribution is 5.77. The van der Waals surface area contributed by atoms with Gasteiger partial charge in [0.15, 0.2) is 23.2 Å². The Morgan fingerprint density at radius 1 is 1.13 bits per heavy atom. The summed E-state index contributed by atoms with van der Waals surface area (Å²) in [5.41, 5.74) is 2.20. The molecular weight excluding hydrogens is 397 g/mol. The first-order valence-corrected chi connectivity index (χ1v) is 10.3. The molecule has 0 saturated carbocycles. The van der Waals surface area contributed by atoms with E-state index in [4.69, 9.17) is 9.51 Å². The standard InChI is InChI=1S/C22H22FN7O/c1-5-17-22-28-27-13(4)30(22)18-11-24-20(26-21(18)29(17)12(2)3)16-10-25-31-19(16)14-6-8-15(23)9-7-14/h6-12,17H,5H2,1-4H3/t17-/m1/s1. The molecule has 4 heterocycles. The molecule has 1 atom stereocenters. The normalized spacial score (nSPS) is 15.3. The van der Waals surface area contributed by atoms with Crippen LogP contribution >= 0.6 is 0 Å². The molecule has 0 fully saturated rings. The second kappa shape index (κ2) is 7.26. The molecule has 1 aliphatic rings. The number of rotatable bonds is 4. The van der Waals surface area contributed by atoms with Gasteiger partial charge in [0.05, 0.1) is 24.0 Å². The quantitative estimate of drug-likeness (QED) is 0.481. The number of halogens is 1. The second-order valence-corrected chi connectivity index (χ2v) is 7.84. The summed E-state index contributed by atoms with van der Waals surface area (Å²) in [5.74, 6) is 3.19. The molecule has 0 bridgehead atoms. The van der Waals surface area contributed by atoms with Crippen molar-refractivity contribution in [1.82, 2.24) is 29.9 Å². The molecule has 0 amide bonds. The Kier molecular flexibility index (Phi) is 4.53. The molecule has 8 nitrogen and oxygen atoms in total. The lowest BCUT2D eigenvalue weighted by atomic mass is 10.1. The first-order chi connectivity index (χ1) is 15.0. The van der Waals surface area contributed by atoms with Gasteiger partial charge in [-0.15, -0.1) is 10.2 Å². The predicted octanol–water partition coefficient (Wildman–Crippen LogP) is 4.51. The minimum absolute atomic E-state index is 0.0514. The monoisotopic (exact) mass is 419 g/mol. The van der Waals surface area contributed by atoms with Gasteiger partial charge in [-0.3, -0.25) is 4.57 Å². The van der Waals surface area contributed by atoms with E-state index in [-0.39, 0.29) is 17.9 Å². The maximum atomic E-state index is 13.4. The second-order valence-electron chi connectivity index (χ2n) is 7.84. The molecule has 158 valence electrons. The number of aromatic nitrogens is 6. The minimum Gasteiger partial charge on any atom is -0.356 e. The third kappa shape index (κ3) is 2.99. The summed E-state index contributed by atoms with van der Waals surface area (Å²) in [6.45, 7) is 8.33. The van der Waals surface area contributed by atoms with Crippen molar-refractivity contribution >= 4 is 5.82 Å².